The van der Waals surface area contributed by atoms with Crippen molar-refractivity contribution in [3.63, 3.8) is 0 Å². The number of rotatable bonds is 7. The summed E-state index contributed by atoms with van der Waals surface area (Å²) in [4.78, 5) is 15.0. The lowest BCUT2D eigenvalue weighted by Crippen LogP contribution is -2.43. The first-order valence-corrected chi connectivity index (χ1v) is 11.2. The minimum absolute atomic E-state index is 0.0433. The predicted molar refractivity (Wildman–Crippen MR) is 129 cm³/mol. The van der Waals surface area contributed by atoms with Crippen LogP contribution in [0.2, 0.25) is 0 Å². The van der Waals surface area contributed by atoms with Crippen LogP contribution in [0.3, 0.4) is 0 Å². The number of hydrogen-bond donors (Lipinski definition) is 1. The Labute approximate surface area is 194 Å². The zero-order valence-corrected chi connectivity index (χ0v) is 19.4. The van der Waals surface area contributed by atoms with Gasteiger partial charge in [0.2, 0.25) is 5.91 Å². The molecule has 0 radical (unpaired) electrons. The molecule has 1 N–H and O–H groups in total. The van der Waals surface area contributed by atoms with Crippen molar-refractivity contribution in [2.75, 3.05) is 32.2 Å². The van der Waals surface area contributed by atoms with Crippen molar-refractivity contribution in [1.29, 1.82) is 0 Å². The molecule has 0 spiro atoms. The average molecular weight is 447 g/mol. The second-order valence-electron chi connectivity index (χ2n) is 8.32. The van der Waals surface area contributed by atoms with Crippen LogP contribution in [0.5, 0.6) is 11.5 Å². The van der Waals surface area contributed by atoms with Crippen LogP contribution in [0, 0.1) is 12.8 Å². The molecule has 1 atom stereocenters. The van der Waals surface area contributed by atoms with Crippen molar-refractivity contribution in [2.45, 2.75) is 26.3 Å². The van der Waals surface area contributed by atoms with Crippen LogP contribution in [0.15, 0.2) is 54.6 Å². The van der Waals surface area contributed by atoms with Gasteiger partial charge in [-0.15, -0.1) is 10.2 Å². The predicted octanol–water partition coefficient (Wildman–Crippen LogP) is 4.00. The molecule has 1 aliphatic rings. The summed E-state index contributed by atoms with van der Waals surface area (Å²) in [5.74, 6) is 2.17. The number of carbonyl (C=O) groups excluding carboxylic acids is 1. The zero-order valence-electron chi connectivity index (χ0n) is 19.4. The molecule has 7 nitrogen and oxygen atoms in total. The number of methoxy groups -OCH3 is 2. The van der Waals surface area contributed by atoms with Gasteiger partial charge in [0.25, 0.3) is 0 Å². The molecule has 0 unspecified atom stereocenters. The number of anilines is 1. The summed E-state index contributed by atoms with van der Waals surface area (Å²) in [6, 6.07) is 17.8. The Hall–Kier alpha value is -3.61. The minimum Gasteiger partial charge on any atom is -0.497 e. The fraction of sp³-hybridized carbons (Fsp3) is 0.346. The average Bonchev–Trinajstić information content (AvgIpc) is 2.87. The van der Waals surface area contributed by atoms with Gasteiger partial charge >= 0.3 is 0 Å². The van der Waals surface area contributed by atoms with Gasteiger partial charge in [-0.3, -0.25) is 4.79 Å². The molecule has 1 saturated heterocycles. The van der Waals surface area contributed by atoms with Gasteiger partial charge in [-0.1, -0.05) is 29.8 Å². The Balaban J connectivity index is 1.37. The van der Waals surface area contributed by atoms with Gasteiger partial charge in [-0.25, -0.2) is 0 Å². The first-order valence-electron chi connectivity index (χ1n) is 11.2. The van der Waals surface area contributed by atoms with Gasteiger partial charge in [-0.2, -0.15) is 0 Å². The summed E-state index contributed by atoms with van der Waals surface area (Å²) >= 11 is 0. The molecule has 0 saturated carbocycles. The Bertz CT molecular complexity index is 1080. The van der Waals surface area contributed by atoms with Crippen molar-refractivity contribution in [1.82, 2.24) is 15.5 Å². The van der Waals surface area contributed by atoms with E-state index in [1.165, 1.54) is 5.56 Å². The van der Waals surface area contributed by atoms with Crippen LogP contribution in [0.25, 0.3) is 11.3 Å². The maximum Gasteiger partial charge on any atom is 0.225 e. The number of carbonyl (C=O) groups is 1. The monoisotopic (exact) mass is 446 g/mol. The van der Waals surface area contributed by atoms with Crippen molar-refractivity contribution in [3.8, 4) is 22.8 Å². The molecular weight excluding hydrogens is 416 g/mol. The number of benzene rings is 2. The highest BCUT2D eigenvalue weighted by Gasteiger charge is 2.26. The number of nitrogens with one attached hydrogen (secondary N) is 1. The summed E-state index contributed by atoms with van der Waals surface area (Å²) in [7, 11) is 3.23. The number of amides is 1. The van der Waals surface area contributed by atoms with Gasteiger partial charge in [0.15, 0.2) is 5.82 Å². The van der Waals surface area contributed by atoms with Crippen LogP contribution in [-0.4, -0.2) is 43.4 Å². The smallest absolute Gasteiger partial charge is 0.225 e. The molecule has 2 aromatic carbocycles. The third-order valence-electron chi connectivity index (χ3n) is 6.06. The highest BCUT2D eigenvalue weighted by molar-refractivity contribution is 5.79. The molecule has 3 aromatic rings. The molecule has 1 aromatic heterocycles. The van der Waals surface area contributed by atoms with Crippen molar-refractivity contribution < 1.29 is 14.3 Å². The Kier molecular flexibility index (Phi) is 7.07. The number of nitrogens with zero attached hydrogens (tertiary/aromatic N) is 3. The standard InChI is InChI=1S/C26H30N4O3/c1-18-6-8-19(9-7-18)23-12-13-25(29-28-23)30-14-4-5-21(17-30)26(31)27-16-20-10-11-22(32-2)15-24(20)33-3/h6-13,15,21H,4-5,14,16-17H2,1-3H3,(H,27,31)/t21-/m1/s1. The number of piperidine rings is 1. The third-order valence-corrected chi connectivity index (χ3v) is 6.06. The van der Waals surface area contributed by atoms with Crippen LogP contribution >= 0.6 is 0 Å². The van der Waals surface area contributed by atoms with E-state index in [0.29, 0.717) is 18.8 Å². The van der Waals surface area contributed by atoms with Gasteiger partial charge < -0.3 is 19.7 Å². The minimum atomic E-state index is -0.0958. The van der Waals surface area contributed by atoms with Crippen LogP contribution < -0.4 is 19.7 Å². The molecule has 1 amide bonds. The molecule has 172 valence electrons. The maximum atomic E-state index is 12.9. The topological polar surface area (TPSA) is 76.6 Å². The fourth-order valence-electron chi connectivity index (χ4n) is 4.10. The normalized spacial score (nSPS) is 15.7. The quantitative estimate of drug-likeness (QED) is 0.591. The summed E-state index contributed by atoms with van der Waals surface area (Å²) < 4.78 is 10.7. The van der Waals surface area contributed by atoms with Crippen molar-refractivity contribution >= 4 is 11.7 Å². The highest BCUT2D eigenvalue weighted by Crippen LogP contribution is 2.26. The number of aromatic nitrogens is 2. The maximum absolute atomic E-state index is 12.9. The molecule has 1 aliphatic heterocycles. The van der Waals surface area contributed by atoms with Gasteiger partial charge in [0.1, 0.15) is 11.5 Å². The fourth-order valence-corrected chi connectivity index (χ4v) is 4.10. The first kappa shape index (κ1) is 22.6. The van der Waals surface area contributed by atoms with Gasteiger partial charge in [0, 0.05) is 36.8 Å². The lowest BCUT2D eigenvalue weighted by atomic mass is 9.97. The second kappa shape index (κ2) is 10.3. The Morgan fingerprint density at radius 2 is 1.88 bits per heavy atom. The van der Waals surface area contributed by atoms with Crippen LogP contribution in [-0.2, 0) is 11.3 Å². The lowest BCUT2D eigenvalue weighted by molar-refractivity contribution is -0.125. The largest absolute Gasteiger partial charge is 0.497 e. The Morgan fingerprint density at radius 3 is 2.58 bits per heavy atom. The summed E-state index contributed by atoms with van der Waals surface area (Å²) in [5.41, 5.74) is 4.02. The van der Waals surface area contributed by atoms with Gasteiger partial charge in [-0.05, 0) is 44.0 Å². The van der Waals surface area contributed by atoms with E-state index in [9.17, 15) is 4.79 Å². The summed E-state index contributed by atoms with van der Waals surface area (Å²) in [6.45, 7) is 3.97. The molecular formula is C26H30N4O3. The van der Waals surface area contributed by atoms with Crippen molar-refractivity contribution in [3.05, 3.63) is 65.7 Å². The number of hydrogen-bond acceptors (Lipinski definition) is 6. The molecule has 33 heavy (non-hydrogen) atoms. The molecule has 2 heterocycles. The Morgan fingerprint density at radius 1 is 1.06 bits per heavy atom. The van der Waals surface area contributed by atoms with E-state index in [1.807, 2.05) is 30.3 Å². The van der Waals surface area contributed by atoms with E-state index < -0.39 is 0 Å². The van der Waals surface area contributed by atoms with Crippen LogP contribution in [0.1, 0.15) is 24.0 Å². The highest BCUT2D eigenvalue weighted by atomic mass is 16.5. The zero-order chi connectivity index (χ0) is 23.2. The molecule has 0 bridgehead atoms. The van der Waals surface area contributed by atoms with E-state index in [-0.39, 0.29) is 11.8 Å². The molecule has 0 aliphatic carbocycles. The lowest BCUT2D eigenvalue weighted by Gasteiger charge is -2.32. The molecule has 4 rings (SSSR count). The molecule has 7 heteroatoms. The van der Waals surface area contributed by atoms with E-state index in [2.05, 4.69) is 51.6 Å². The summed E-state index contributed by atoms with van der Waals surface area (Å²) in [6.07, 6.45) is 1.79. The first-order chi connectivity index (χ1) is 16.1. The third kappa shape index (κ3) is 5.42. The van der Waals surface area contributed by atoms with E-state index in [4.69, 9.17) is 9.47 Å². The van der Waals surface area contributed by atoms with Crippen molar-refractivity contribution in [2.24, 2.45) is 5.92 Å². The summed E-state index contributed by atoms with van der Waals surface area (Å²) in [5, 5.41) is 11.9. The van der Waals surface area contributed by atoms with Crippen LogP contribution in [0.4, 0.5) is 5.82 Å². The van der Waals surface area contributed by atoms with E-state index >= 15 is 0 Å². The number of ether oxygens (including phenoxy) is 2. The number of aryl methyl sites for hydroxylation is 1. The van der Waals surface area contributed by atoms with E-state index in [0.717, 1.165) is 47.8 Å². The van der Waals surface area contributed by atoms with E-state index in [1.54, 1.807) is 14.2 Å². The SMILES string of the molecule is COc1ccc(CNC(=O)[C@@H]2CCCN(c3ccc(-c4ccc(C)cc4)nn3)C2)c(OC)c1. The second-order valence-corrected chi connectivity index (χ2v) is 8.32. The van der Waals surface area contributed by atoms with Gasteiger partial charge in [0.05, 0.1) is 25.8 Å². The molecule has 1 fully saturated rings.